The van der Waals surface area contributed by atoms with Crippen LogP contribution in [0.4, 0.5) is 0 Å². The molecule has 0 bridgehead atoms. The van der Waals surface area contributed by atoms with Gasteiger partial charge in [-0.2, -0.15) is 0 Å². The van der Waals surface area contributed by atoms with E-state index in [2.05, 4.69) is 5.32 Å². The van der Waals surface area contributed by atoms with Gasteiger partial charge in [0.05, 0.1) is 11.5 Å². The molecule has 106 valence electrons. The van der Waals surface area contributed by atoms with Gasteiger partial charge in [0.25, 0.3) is 0 Å². The van der Waals surface area contributed by atoms with Crippen LogP contribution in [0.5, 0.6) is 0 Å². The molecule has 1 fully saturated rings. The number of piperidine rings is 1. The summed E-state index contributed by atoms with van der Waals surface area (Å²) in [4.78, 5) is 25.3. The first-order chi connectivity index (χ1) is 9.65. The monoisotopic (exact) mass is 274 g/mol. The van der Waals surface area contributed by atoms with Crippen molar-refractivity contribution in [1.29, 1.82) is 0 Å². The topological polar surface area (TPSA) is 69.6 Å². The number of nitrogens with zero attached hydrogens (tertiary/aromatic N) is 1. The fourth-order valence-electron chi connectivity index (χ4n) is 3.00. The van der Waals surface area contributed by atoms with Crippen molar-refractivity contribution in [3.05, 3.63) is 34.9 Å². The normalized spacial score (nSPS) is 21.6. The average molecular weight is 274 g/mol. The van der Waals surface area contributed by atoms with Gasteiger partial charge in [-0.3, -0.25) is 4.79 Å². The van der Waals surface area contributed by atoms with Crippen molar-refractivity contribution >= 4 is 11.9 Å². The lowest BCUT2D eigenvalue weighted by atomic mass is 9.98. The molecule has 2 aliphatic heterocycles. The van der Waals surface area contributed by atoms with E-state index >= 15 is 0 Å². The summed E-state index contributed by atoms with van der Waals surface area (Å²) in [5.74, 6) is -0.670. The molecule has 1 atom stereocenters. The Bertz CT molecular complexity index is 550. The summed E-state index contributed by atoms with van der Waals surface area (Å²) in [6.45, 7) is 2.88. The molecule has 0 unspecified atom stereocenters. The van der Waals surface area contributed by atoms with E-state index < -0.39 is 5.97 Å². The molecule has 2 N–H and O–H groups in total. The van der Waals surface area contributed by atoms with Crippen molar-refractivity contribution in [1.82, 2.24) is 10.2 Å². The zero-order valence-electron chi connectivity index (χ0n) is 11.3. The zero-order chi connectivity index (χ0) is 14.1. The number of carboxylic acid groups (broad SMARTS) is 1. The van der Waals surface area contributed by atoms with Crippen LogP contribution in [0.2, 0.25) is 0 Å². The Labute approximate surface area is 117 Å². The lowest BCUT2D eigenvalue weighted by Gasteiger charge is -2.26. The predicted octanol–water partition coefficient (Wildman–Crippen LogP) is 1.23. The molecule has 3 rings (SSSR count). The number of hydrogen-bond acceptors (Lipinski definition) is 3. The van der Waals surface area contributed by atoms with E-state index in [4.69, 9.17) is 5.11 Å². The largest absolute Gasteiger partial charge is 0.478 e. The van der Waals surface area contributed by atoms with Crippen LogP contribution < -0.4 is 5.32 Å². The molecule has 0 aliphatic carbocycles. The van der Waals surface area contributed by atoms with Crippen LogP contribution in [0.15, 0.2) is 18.2 Å². The molecule has 1 aromatic carbocycles. The first-order valence-electron chi connectivity index (χ1n) is 7.00. The first-order valence-corrected chi connectivity index (χ1v) is 7.00. The number of hydrogen-bond donors (Lipinski definition) is 2. The van der Waals surface area contributed by atoms with Gasteiger partial charge in [0.15, 0.2) is 0 Å². The number of aromatic carboxylic acids is 1. The Balaban J connectivity index is 1.73. The number of fused-ring (bicyclic) bond motifs is 1. The minimum Gasteiger partial charge on any atom is -0.478 e. The van der Waals surface area contributed by atoms with Crippen LogP contribution >= 0.6 is 0 Å². The molecular weight excluding hydrogens is 256 g/mol. The summed E-state index contributed by atoms with van der Waals surface area (Å²) in [7, 11) is 0. The van der Waals surface area contributed by atoms with E-state index in [1.807, 2.05) is 11.0 Å². The lowest BCUT2D eigenvalue weighted by Crippen LogP contribution is -2.40. The molecule has 1 amide bonds. The summed E-state index contributed by atoms with van der Waals surface area (Å²) in [5.41, 5.74) is 2.31. The Morgan fingerprint density at radius 2 is 2.05 bits per heavy atom. The molecule has 0 spiro atoms. The van der Waals surface area contributed by atoms with E-state index in [0.29, 0.717) is 13.1 Å². The average Bonchev–Trinajstić information content (AvgIpc) is 2.90. The second-order valence-corrected chi connectivity index (χ2v) is 5.53. The maximum absolute atomic E-state index is 12.5. The molecule has 2 aliphatic rings. The molecule has 0 saturated carbocycles. The van der Waals surface area contributed by atoms with Crippen molar-refractivity contribution < 1.29 is 14.7 Å². The highest BCUT2D eigenvalue weighted by Gasteiger charge is 2.30. The summed E-state index contributed by atoms with van der Waals surface area (Å²) in [5, 5.41) is 12.3. The van der Waals surface area contributed by atoms with Gasteiger partial charge < -0.3 is 15.3 Å². The highest BCUT2D eigenvalue weighted by atomic mass is 16.4. The smallest absolute Gasteiger partial charge is 0.335 e. The fourth-order valence-corrected chi connectivity index (χ4v) is 3.00. The molecule has 1 saturated heterocycles. The van der Waals surface area contributed by atoms with Crippen LogP contribution in [-0.4, -0.2) is 35.0 Å². The van der Waals surface area contributed by atoms with E-state index in [1.54, 1.807) is 12.1 Å². The van der Waals surface area contributed by atoms with Gasteiger partial charge in [-0.15, -0.1) is 0 Å². The number of carbonyl (C=O) groups excluding carboxylic acids is 1. The van der Waals surface area contributed by atoms with Crippen LogP contribution in [0.3, 0.4) is 0 Å². The van der Waals surface area contributed by atoms with Gasteiger partial charge in [-0.05, 0) is 42.6 Å². The fraction of sp³-hybridized carbons (Fsp3) is 0.467. The summed E-state index contributed by atoms with van der Waals surface area (Å²) in [6.07, 6.45) is 1.99. The number of rotatable bonds is 2. The Morgan fingerprint density at radius 3 is 2.75 bits per heavy atom. The molecule has 2 heterocycles. The number of benzene rings is 1. The summed E-state index contributed by atoms with van der Waals surface area (Å²) in [6, 6.07) is 5.12. The predicted molar refractivity (Wildman–Crippen MR) is 73.2 cm³/mol. The summed E-state index contributed by atoms with van der Waals surface area (Å²) >= 11 is 0. The molecule has 20 heavy (non-hydrogen) atoms. The zero-order valence-corrected chi connectivity index (χ0v) is 11.3. The van der Waals surface area contributed by atoms with Crippen LogP contribution in [0.1, 0.15) is 34.3 Å². The second kappa shape index (κ2) is 5.25. The first kappa shape index (κ1) is 13.1. The number of carbonyl (C=O) groups is 2. The highest BCUT2D eigenvalue weighted by Crippen LogP contribution is 2.26. The quantitative estimate of drug-likeness (QED) is 0.851. The Kier molecular flexibility index (Phi) is 3.44. The van der Waals surface area contributed by atoms with Crippen molar-refractivity contribution in [3.63, 3.8) is 0 Å². The van der Waals surface area contributed by atoms with Gasteiger partial charge >= 0.3 is 5.97 Å². The number of amides is 1. The van der Waals surface area contributed by atoms with E-state index in [-0.39, 0.29) is 17.4 Å². The van der Waals surface area contributed by atoms with E-state index in [1.165, 1.54) is 0 Å². The van der Waals surface area contributed by atoms with Crippen molar-refractivity contribution in [2.45, 2.75) is 25.9 Å². The molecule has 5 nitrogen and oxygen atoms in total. The Morgan fingerprint density at radius 1 is 1.25 bits per heavy atom. The van der Waals surface area contributed by atoms with Crippen molar-refractivity contribution in [2.75, 3.05) is 13.1 Å². The van der Waals surface area contributed by atoms with E-state index in [0.717, 1.165) is 37.1 Å². The molecule has 5 heteroatoms. The minimum atomic E-state index is -0.922. The molecular formula is C15H18N2O3. The maximum atomic E-state index is 12.5. The standard InChI is InChI=1S/C15H18N2O3/c18-14(11-2-1-5-16-7-11)17-8-12-4-3-10(15(19)20)6-13(12)9-17/h3-4,6,11,16H,1-2,5,7-9H2,(H,19,20)/t11-/m0/s1. The molecule has 1 aromatic rings. The minimum absolute atomic E-state index is 0.0667. The lowest BCUT2D eigenvalue weighted by molar-refractivity contribution is -0.136. The number of carboxylic acids is 1. The van der Waals surface area contributed by atoms with Gasteiger partial charge in [-0.1, -0.05) is 6.07 Å². The van der Waals surface area contributed by atoms with Crippen LogP contribution in [0.25, 0.3) is 0 Å². The van der Waals surface area contributed by atoms with E-state index in [9.17, 15) is 9.59 Å². The van der Waals surface area contributed by atoms with Crippen LogP contribution in [0, 0.1) is 5.92 Å². The second-order valence-electron chi connectivity index (χ2n) is 5.53. The summed E-state index contributed by atoms with van der Waals surface area (Å²) < 4.78 is 0. The van der Waals surface area contributed by atoms with Crippen LogP contribution in [-0.2, 0) is 17.9 Å². The molecule has 0 aromatic heterocycles. The van der Waals surface area contributed by atoms with Gasteiger partial charge in [0, 0.05) is 19.6 Å². The van der Waals surface area contributed by atoms with Crippen molar-refractivity contribution in [3.8, 4) is 0 Å². The van der Waals surface area contributed by atoms with Gasteiger partial charge in [0.2, 0.25) is 5.91 Å². The third-order valence-electron chi connectivity index (χ3n) is 4.13. The number of nitrogens with one attached hydrogen (secondary N) is 1. The van der Waals surface area contributed by atoms with Gasteiger partial charge in [0.1, 0.15) is 0 Å². The third-order valence-corrected chi connectivity index (χ3v) is 4.13. The maximum Gasteiger partial charge on any atom is 0.335 e. The third kappa shape index (κ3) is 2.41. The Hall–Kier alpha value is -1.88. The molecule has 0 radical (unpaired) electrons. The van der Waals surface area contributed by atoms with Crippen molar-refractivity contribution in [2.24, 2.45) is 5.92 Å². The SMILES string of the molecule is O=C(O)c1ccc2c(c1)CN(C(=O)[C@H]1CCCNC1)C2. The highest BCUT2D eigenvalue weighted by molar-refractivity contribution is 5.88. The van der Waals surface area contributed by atoms with Gasteiger partial charge in [-0.25, -0.2) is 4.79 Å².